The number of methoxy groups -OCH3 is 2. The molecule has 0 saturated heterocycles. The summed E-state index contributed by atoms with van der Waals surface area (Å²) in [4.78, 5) is 12.0. The fourth-order valence-corrected chi connectivity index (χ4v) is 2.32. The van der Waals surface area contributed by atoms with Gasteiger partial charge in [-0.3, -0.25) is 4.79 Å². The lowest BCUT2D eigenvalue weighted by molar-refractivity contribution is -0.111. The molecule has 0 radical (unpaired) electrons. The maximum atomic E-state index is 12.0. The van der Waals surface area contributed by atoms with E-state index in [-0.39, 0.29) is 5.91 Å². The van der Waals surface area contributed by atoms with Gasteiger partial charge in [0.25, 0.3) is 0 Å². The Hall–Kier alpha value is -2.27. The van der Waals surface area contributed by atoms with Crippen molar-refractivity contribution in [1.82, 2.24) is 0 Å². The highest BCUT2D eigenvalue weighted by Gasteiger charge is 2.07. The molecule has 0 saturated carbocycles. The van der Waals surface area contributed by atoms with E-state index in [0.29, 0.717) is 17.2 Å². The van der Waals surface area contributed by atoms with Gasteiger partial charge in [0.1, 0.15) is 11.5 Å². The lowest BCUT2D eigenvalue weighted by Crippen LogP contribution is -2.08. The lowest BCUT2D eigenvalue weighted by Gasteiger charge is -2.09. The number of amides is 1. The standard InChI is InChI=1S/C17H16BrNO3/c1-21-15-8-5-9-16(22-2)12(15)10-11-17(20)19-14-7-4-3-6-13(14)18/h3-11H,1-2H3,(H,19,20). The SMILES string of the molecule is COc1cccc(OC)c1C=CC(=O)Nc1ccccc1Br. The molecule has 114 valence electrons. The Morgan fingerprint density at radius 1 is 1.05 bits per heavy atom. The molecule has 0 atom stereocenters. The Morgan fingerprint density at radius 2 is 1.68 bits per heavy atom. The second-order valence-corrected chi connectivity index (χ2v) is 5.23. The number of nitrogens with one attached hydrogen (secondary N) is 1. The zero-order valence-corrected chi connectivity index (χ0v) is 13.9. The Bertz CT molecular complexity index is 676. The fourth-order valence-electron chi connectivity index (χ4n) is 1.94. The number of ether oxygens (including phenoxy) is 2. The van der Waals surface area contributed by atoms with E-state index in [2.05, 4.69) is 21.2 Å². The van der Waals surface area contributed by atoms with Gasteiger partial charge in [-0.15, -0.1) is 0 Å². The predicted octanol–water partition coefficient (Wildman–Crippen LogP) is 4.12. The molecule has 2 aromatic rings. The van der Waals surface area contributed by atoms with Crippen molar-refractivity contribution in [2.24, 2.45) is 0 Å². The van der Waals surface area contributed by atoms with Crippen LogP contribution in [0.4, 0.5) is 5.69 Å². The Kier molecular flexibility index (Phi) is 5.61. The third kappa shape index (κ3) is 3.89. The van der Waals surface area contributed by atoms with Crippen molar-refractivity contribution >= 4 is 33.6 Å². The summed E-state index contributed by atoms with van der Waals surface area (Å²) in [5.74, 6) is 1.05. The quantitative estimate of drug-likeness (QED) is 0.814. The van der Waals surface area contributed by atoms with Crippen molar-refractivity contribution in [2.45, 2.75) is 0 Å². The highest BCUT2D eigenvalue weighted by atomic mass is 79.9. The first-order valence-electron chi connectivity index (χ1n) is 6.60. The van der Waals surface area contributed by atoms with Gasteiger partial charge in [-0.25, -0.2) is 0 Å². The van der Waals surface area contributed by atoms with Crippen LogP contribution in [0.25, 0.3) is 6.08 Å². The molecule has 2 rings (SSSR count). The van der Waals surface area contributed by atoms with Crippen LogP contribution in [0, 0.1) is 0 Å². The lowest BCUT2D eigenvalue weighted by atomic mass is 10.1. The van der Waals surface area contributed by atoms with Crippen molar-refractivity contribution in [2.75, 3.05) is 19.5 Å². The van der Waals surface area contributed by atoms with Crippen molar-refractivity contribution in [1.29, 1.82) is 0 Å². The Morgan fingerprint density at radius 3 is 2.27 bits per heavy atom. The van der Waals surface area contributed by atoms with Gasteiger partial charge >= 0.3 is 0 Å². The number of carbonyl (C=O) groups excluding carboxylic acids is 1. The first-order valence-corrected chi connectivity index (χ1v) is 7.39. The normalized spacial score (nSPS) is 10.5. The van der Waals surface area contributed by atoms with E-state index in [1.165, 1.54) is 6.08 Å². The van der Waals surface area contributed by atoms with Gasteiger partial charge in [0.15, 0.2) is 0 Å². The number of halogens is 1. The molecule has 2 aromatic carbocycles. The summed E-state index contributed by atoms with van der Waals surface area (Å²) in [5.41, 5.74) is 1.43. The maximum Gasteiger partial charge on any atom is 0.248 e. The molecule has 0 aliphatic carbocycles. The molecule has 0 aromatic heterocycles. The molecule has 0 aliphatic rings. The first kappa shape index (κ1) is 16.1. The number of anilines is 1. The summed E-state index contributed by atoms with van der Waals surface area (Å²) in [6.45, 7) is 0. The molecule has 5 heteroatoms. The van der Waals surface area contributed by atoms with Crippen LogP contribution in [-0.2, 0) is 4.79 Å². The summed E-state index contributed by atoms with van der Waals surface area (Å²) >= 11 is 3.39. The van der Waals surface area contributed by atoms with E-state index in [9.17, 15) is 4.79 Å². The summed E-state index contributed by atoms with van der Waals surface area (Å²) in [6, 6.07) is 12.9. The zero-order valence-electron chi connectivity index (χ0n) is 12.3. The highest BCUT2D eigenvalue weighted by Crippen LogP contribution is 2.29. The molecule has 1 N–H and O–H groups in total. The van der Waals surface area contributed by atoms with E-state index in [1.54, 1.807) is 20.3 Å². The Labute approximate surface area is 137 Å². The maximum absolute atomic E-state index is 12.0. The van der Waals surface area contributed by atoms with Crippen molar-refractivity contribution in [3.8, 4) is 11.5 Å². The molecular formula is C17H16BrNO3. The predicted molar refractivity (Wildman–Crippen MR) is 91.4 cm³/mol. The van der Waals surface area contributed by atoms with Crippen molar-refractivity contribution in [3.63, 3.8) is 0 Å². The van der Waals surface area contributed by atoms with E-state index in [1.807, 2.05) is 42.5 Å². The minimum atomic E-state index is -0.236. The van der Waals surface area contributed by atoms with Crippen LogP contribution in [0.5, 0.6) is 11.5 Å². The fraction of sp³-hybridized carbons (Fsp3) is 0.118. The second-order valence-electron chi connectivity index (χ2n) is 4.38. The molecule has 0 aliphatic heterocycles. The summed E-state index contributed by atoms with van der Waals surface area (Å²) in [5, 5.41) is 2.80. The molecule has 1 amide bonds. The monoisotopic (exact) mass is 361 g/mol. The number of hydrogen-bond donors (Lipinski definition) is 1. The molecule has 0 bridgehead atoms. The van der Waals surface area contributed by atoms with Gasteiger partial charge < -0.3 is 14.8 Å². The zero-order chi connectivity index (χ0) is 15.9. The molecule has 22 heavy (non-hydrogen) atoms. The van der Waals surface area contributed by atoms with Crippen LogP contribution >= 0.6 is 15.9 Å². The van der Waals surface area contributed by atoms with E-state index >= 15 is 0 Å². The minimum absolute atomic E-state index is 0.236. The van der Waals surface area contributed by atoms with Gasteiger partial charge in [-0.2, -0.15) is 0 Å². The third-order valence-electron chi connectivity index (χ3n) is 3.00. The number of carbonyl (C=O) groups is 1. The van der Waals surface area contributed by atoms with Gasteiger partial charge in [0.2, 0.25) is 5.91 Å². The van der Waals surface area contributed by atoms with E-state index < -0.39 is 0 Å². The molecule has 0 unspecified atom stereocenters. The van der Waals surface area contributed by atoms with Crippen molar-refractivity contribution < 1.29 is 14.3 Å². The van der Waals surface area contributed by atoms with Crippen LogP contribution in [-0.4, -0.2) is 20.1 Å². The van der Waals surface area contributed by atoms with Gasteiger partial charge in [0.05, 0.1) is 25.5 Å². The van der Waals surface area contributed by atoms with Crippen molar-refractivity contribution in [3.05, 3.63) is 58.6 Å². The summed E-state index contributed by atoms with van der Waals surface area (Å²) in [6.07, 6.45) is 3.11. The highest BCUT2D eigenvalue weighted by molar-refractivity contribution is 9.10. The molecule has 0 fully saturated rings. The molecular weight excluding hydrogens is 346 g/mol. The third-order valence-corrected chi connectivity index (χ3v) is 3.69. The Balaban J connectivity index is 2.18. The largest absolute Gasteiger partial charge is 0.496 e. The number of benzene rings is 2. The summed E-state index contributed by atoms with van der Waals surface area (Å²) < 4.78 is 11.4. The van der Waals surface area contributed by atoms with Crippen LogP contribution in [0.2, 0.25) is 0 Å². The first-order chi connectivity index (χ1) is 10.7. The topological polar surface area (TPSA) is 47.6 Å². The van der Waals surface area contributed by atoms with Gasteiger partial charge in [-0.1, -0.05) is 18.2 Å². The summed E-state index contributed by atoms with van der Waals surface area (Å²) in [7, 11) is 3.15. The van der Waals surface area contributed by atoms with Crippen LogP contribution in [0.3, 0.4) is 0 Å². The number of rotatable bonds is 5. The molecule has 0 spiro atoms. The van der Waals surface area contributed by atoms with E-state index in [0.717, 1.165) is 10.0 Å². The minimum Gasteiger partial charge on any atom is -0.496 e. The average molecular weight is 362 g/mol. The smallest absolute Gasteiger partial charge is 0.248 e. The van der Waals surface area contributed by atoms with Gasteiger partial charge in [-0.05, 0) is 46.3 Å². The van der Waals surface area contributed by atoms with Crippen LogP contribution in [0.1, 0.15) is 5.56 Å². The van der Waals surface area contributed by atoms with E-state index in [4.69, 9.17) is 9.47 Å². The van der Waals surface area contributed by atoms with Crippen LogP contribution in [0.15, 0.2) is 53.0 Å². The second kappa shape index (κ2) is 7.66. The molecule has 4 nitrogen and oxygen atoms in total. The number of hydrogen-bond acceptors (Lipinski definition) is 3. The average Bonchev–Trinajstić information content (AvgIpc) is 2.54. The number of para-hydroxylation sites is 1. The van der Waals surface area contributed by atoms with Crippen LogP contribution < -0.4 is 14.8 Å². The molecule has 0 heterocycles. The van der Waals surface area contributed by atoms with Gasteiger partial charge in [0, 0.05) is 10.5 Å².